The van der Waals surface area contributed by atoms with Crippen molar-refractivity contribution in [3.63, 3.8) is 0 Å². The SMILES string of the molecule is CCOc1ccc(CNC(=O)c2ccc(-n3nc(Sc4ccc(Cl)cc4)ccc3=O)cc2)cc1. The van der Waals surface area contributed by atoms with Gasteiger partial charge in [-0.15, -0.1) is 0 Å². The van der Waals surface area contributed by atoms with Gasteiger partial charge in [0.15, 0.2) is 0 Å². The van der Waals surface area contributed by atoms with Crippen LogP contribution in [0, 0.1) is 0 Å². The van der Waals surface area contributed by atoms with Crippen LogP contribution in [0.3, 0.4) is 0 Å². The predicted octanol–water partition coefficient (Wildman–Crippen LogP) is 5.37. The lowest BCUT2D eigenvalue weighted by Crippen LogP contribution is -2.23. The van der Waals surface area contributed by atoms with E-state index in [2.05, 4.69) is 10.4 Å². The van der Waals surface area contributed by atoms with Crippen LogP contribution in [0.15, 0.2) is 99.6 Å². The van der Waals surface area contributed by atoms with Gasteiger partial charge in [-0.2, -0.15) is 9.78 Å². The molecule has 0 atom stereocenters. The van der Waals surface area contributed by atoms with Crippen molar-refractivity contribution in [2.24, 2.45) is 0 Å². The summed E-state index contributed by atoms with van der Waals surface area (Å²) in [6.07, 6.45) is 0. The van der Waals surface area contributed by atoms with Crippen molar-refractivity contribution in [1.29, 1.82) is 0 Å². The Bertz CT molecular complexity index is 1320. The Morgan fingerprint density at radius 3 is 2.35 bits per heavy atom. The molecule has 6 nitrogen and oxygen atoms in total. The molecule has 0 radical (unpaired) electrons. The van der Waals surface area contributed by atoms with E-state index in [1.807, 2.05) is 43.3 Å². The van der Waals surface area contributed by atoms with E-state index in [9.17, 15) is 9.59 Å². The average molecular weight is 492 g/mol. The summed E-state index contributed by atoms with van der Waals surface area (Å²) in [6, 6.07) is 24.9. The summed E-state index contributed by atoms with van der Waals surface area (Å²) in [4.78, 5) is 25.9. The Kier molecular flexibility index (Phi) is 7.67. The van der Waals surface area contributed by atoms with E-state index in [0.717, 1.165) is 16.2 Å². The second kappa shape index (κ2) is 11.0. The molecule has 172 valence electrons. The van der Waals surface area contributed by atoms with Gasteiger partial charge in [-0.05, 0) is 79.2 Å². The summed E-state index contributed by atoms with van der Waals surface area (Å²) >= 11 is 7.37. The number of hydrogen-bond donors (Lipinski definition) is 1. The first kappa shape index (κ1) is 23.6. The van der Waals surface area contributed by atoms with Crippen LogP contribution in [0.4, 0.5) is 0 Å². The fourth-order valence-electron chi connectivity index (χ4n) is 3.17. The zero-order valence-electron chi connectivity index (χ0n) is 18.4. The fraction of sp³-hybridized carbons (Fsp3) is 0.115. The zero-order valence-corrected chi connectivity index (χ0v) is 20.0. The molecule has 4 rings (SSSR count). The number of halogens is 1. The van der Waals surface area contributed by atoms with Gasteiger partial charge in [0, 0.05) is 28.1 Å². The molecule has 0 fully saturated rings. The van der Waals surface area contributed by atoms with Gasteiger partial charge in [0.2, 0.25) is 0 Å². The number of benzene rings is 3. The fourth-order valence-corrected chi connectivity index (χ4v) is 4.06. The molecule has 0 aliphatic carbocycles. The van der Waals surface area contributed by atoms with Crippen LogP contribution in [-0.2, 0) is 6.54 Å². The lowest BCUT2D eigenvalue weighted by atomic mass is 10.1. The van der Waals surface area contributed by atoms with E-state index in [4.69, 9.17) is 16.3 Å². The molecular formula is C26H22ClN3O3S. The molecule has 1 amide bonds. The largest absolute Gasteiger partial charge is 0.494 e. The minimum Gasteiger partial charge on any atom is -0.494 e. The van der Waals surface area contributed by atoms with Gasteiger partial charge in [-0.1, -0.05) is 35.5 Å². The molecule has 0 unspecified atom stereocenters. The van der Waals surface area contributed by atoms with Crippen LogP contribution < -0.4 is 15.6 Å². The number of hydrogen-bond acceptors (Lipinski definition) is 5. The average Bonchev–Trinajstić information content (AvgIpc) is 2.86. The smallest absolute Gasteiger partial charge is 0.271 e. The third-order valence-corrected chi connectivity index (χ3v) is 6.06. The van der Waals surface area contributed by atoms with E-state index in [0.29, 0.717) is 34.5 Å². The highest BCUT2D eigenvalue weighted by Gasteiger charge is 2.09. The van der Waals surface area contributed by atoms with Crippen LogP contribution in [0.2, 0.25) is 5.02 Å². The Morgan fingerprint density at radius 1 is 0.971 bits per heavy atom. The molecule has 0 bridgehead atoms. The Morgan fingerprint density at radius 2 is 1.68 bits per heavy atom. The zero-order chi connectivity index (χ0) is 23.9. The summed E-state index contributed by atoms with van der Waals surface area (Å²) in [5, 5.41) is 8.68. The summed E-state index contributed by atoms with van der Waals surface area (Å²) in [5.41, 5.74) is 1.79. The van der Waals surface area contributed by atoms with Gasteiger partial charge < -0.3 is 10.1 Å². The lowest BCUT2D eigenvalue weighted by Gasteiger charge is -2.09. The van der Waals surface area contributed by atoms with E-state index >= 15 is 0 Å². The molecule has 1 N–H and O–H groups in total. The molecule has 1 heterocycles. The Hall–Kier alpha value is -3.55. The molecule has 0 aliphatic rings. The van der Waals surface area contributed by atoms with Gasteiger partial charge in [0.05, 0.1) is 12.3 Å². The van der Waals surface area contributed by atoms with Crippen molar-refractivity contribution in [2.75, 3.05) is 6.61 Å². The summed E-state index contributed by atoms with van der Waals surface area (Å²) in [6.45, 7) is 2.94. The second-order valence-corrected chi connectivity index (χ2v) is 8.81. The van der Waals surface area contributed by atoms with Crippen LogP contribution in [0.5, 0.6) is 5.75 Å². The molecule has 4 aromatic rings. The third-order valence-electron chi connectivity index (χ3n) is 4.87. The molecule has 0 aliphatic heterocycles. The maximum atomic E-state index is 12.6. The standard InChI is InChI=1S/C26H22ClN3O3S/c1-2-33-22-11-3-18(4-12-22)17-28-26(32)19-5-9-21(10-6-19)30-25(31)16-15-24(29-30)34-23-13-7-20(27)8-14-23/h3-16H,2,17H2,1H3,(H,28,32). The Balaban J connectivity index is 1.42. The van der Waals surface area contributed by atoms with E-state index in [1.165, 1.54) is 22.5 Å². The van der Waals surface area contributed by atoms with Crippen LogP contribution in [0.25, 0.3) is 5.69 Å². The first-order chi connectivity index (χ1) is 16.5. The maximum Gasteiger partial charge on any atom is 0.271 e. The second-order valence-electron chi connectivity index (χ2n) is 7.28. The Labute approximate surface area is 206 Å². The number of ether oxygens (including phenoxy) is 1. The number of nitrogens with one attached hydrogen (secondary N) is 1. The molecule has 8 heteroatoms. The molecule has 3 aromatic carbocycles. The van der Waals surface area contributed by atoms with Gasteiger partial charge in [-0.3, -0.25) is 9.59 Å². The van der Waals surface area contributed by atoms with E-state index in [1.54, 1.807) is 42.5 Å². The highest BCUT2D eigenvalue weighted by Crippen LogP contribution is 2.26. The molecule has 1 aromatic heterocycles. The maximum absolute atomic E-state index is 12.6. The quantitative estimate of drug-likeness (QED) is 0.359. The van der Waals surface area contributed by atoms with Crippen LogP contribution >= 0.6 is 23.4 Å². The monoisotopic (exact) mass is 491 g/mol. The highest BCUT2D eigenvalue weighted by atomic mass is 35.5. The van der Waals surface area contributed by atoms with E-state index < -0.39 is 0 Å². The number of carbonyl (C=O) groups is 1. The van der Waals surface area contributed by atoms with Crippen molar-refractivity contribution in [3.8, 4) is 11.4 Å². The first-order valence-corrected chi connectivity index (χ1v) is 11.9. The first-order valence-electron chi connectivity index (χ1n) is 10.7. The number of carbonyl (C=O) groups excluding carboxylic acids is 1. The van der Waals surface area contributed by atoms with Gasteiger partial charge in [0.25, 0.3) is 11.5 Å². The van der Waals surface area contributed by atoms with Crippen LogP contribution in [0.1, 0.15) is 22.8 Å². The third kappa shape index (κ3) is 6.07. The van der Waals surface area contributed by atoms with E-state index in [-0.39, 0.29) is 11.5 Å². The highest BCUT2D eigenvalue weighted by molar-refractivity contribution is 7.99. The van der Waals surface area contributed by atoms with Crippen molar-refractivity contribution in [3.05, 3.63) is 111 Å². The number of nitrogens with zero attached hydrogens (tertiary/aromatic N) is 2. The normalized spacial score (nSPS) is 10.6. The minimum atomic E-state index is -0.256. The summed E-state index contributed by atoms with van der Waals surface area (Å²) < 4.78 is 6.75. The van der Waals surface area contributed by atoms with Crippen molar-refractivity contribution in [2.45, 2.75) is 23.4 Å². The summed E-state index contributed by atoms with van der Waals surface area (Å²) in [5.74, 6) is 0.598. The van der Waals surface area contributed by atoms with Crippen molar-refractivity contribution in [1.82, 2.24) is 15.1 Å². The van der Waals surface area contributed by atoms with Gasteiger partial charge in [-0.25, -0.2) is 0 Å². The number of aromatic nitrogens is 2. The predicted molar refractivity (Wildman–Crippen MR) is 134 cm³/mol. The lowest BCUT2D eigenvalue weighted by molar-refractivity contribution is 0.0951. The van der Waals surface area contributed by atoms with Crippen molar-refractivity contribution < 1.29 is 9.53 Å². The molecule has 0 saturated heterocycles. The minimum absolute atomic E-state index is 0.201. The molecule has 0 spiro atoms. The number of amides is 1. The van der Waals surface area contributed by atoms with Gasteiger partial charge >= 0.3 is 0 Å². The molecule has 0 saturated carbocycles. The number of rotatable bonds is 8. The van der Waals surface area contributed by atoms with Crippen LogP contribution in [-0.4, -0.2) is 22.3 Å². The molecular weight excluding hydrogens is 470 g/mol. The van der Waals surface area contributed by atoms with Crippen molar-refractivity contribution >= 4 is 29.3 Å². The molecule has 34 heavy (non-hydrogen) atoms. The summed E-state index contributed by atoms with van der Waals surface area (Å²) in [7, 11) is 0. The topological polar surface area (TPSA) is 73.2 Å². The van der Waals surface area contributed by atoms with Gasteiger partial charge in [0.1, 0.15) is 10.8 Å².